The molecule has 1 aromatic rings. The van der Waals surface area contributed by atoms with Crippen molar-refractivity contribution in [3.05, 3.63) is 35.4 Å². The second kappa shape index (κ2) is 5.87. The van der Waals surface area contributed by atoms with Crippen LogP contribution in [-0.4, -0.2) is 31.1 Å². The highest BCUT2D eigenvalue weighted by Crippen LogP contribution is 2.40. The van der Waals surface area contributed by atoms with Crippen LogP contribution in [0.3, 0.4) is 0 Å². The number of nitrogens with zero attached hydrogens (tertiary/aromatic N) is 1. The number of benzene rings is 1. The molecule has 1 N–H and O–H groups in total. The van der Waals surface area contributed by atoms with Crippen LogP contribution >= 0.6 is 0 Å². The summed E-state index contributed by atoms with van der Waals surface area (Å²) in [7, 11) is 2.33. The van der Waals surface area contributed by atoms with Gasteiger partial charge in [-0.3, -0.25) is 0 Å². The third kappa shape index (κ3) is 2.77. The molecule has 1 saturated carbocycles. The fraction of sp³-hybridized carbons (Fsp3) is 0.667. The quantitative estimate of drug-likeness (QED) is 0.885. The van der Waals surface area contributed by atoms with Gasteiger partial charge in [-0.1, -0.05) is 38.1 Å². The Bertz CT molecular complexity index is 456. The fourth-order valence-electron chi connectivity index (χ4n) is 3.84. The van der Waals surface area contributed by atoms with Gasteiger partial charge >= 0.3 is 0 Å². The largest absolute Gasteiger partial charge is 0.309 e. The Morgan fingerprint density at radius 1 is 1.30 bits per heavy atom. The van der Waals surface area contributed by atoms with Gasteiger partial charge in [0, 0.05) is 18.6 Å². The molecular formula is C18H28N2. The minimum absolute atomic E-state index is 0.504. The van der Waals surface area contributed by atoms with E-state index in [0.717, 1.165) is 18.4 Å². The predicted molar refractivity (Wildman–Crippen MR) is 84.9 cm³/mol. The number of nitrogens with one attached hydrogen (secondary N) is 1. The Labute approximate surface area is 123 Å². The molecule has 0 radical (unpaired) electrons. The number of fused-ring (bicyclic) bond motifs is 1. The van der Waals surface area contributed by atoms with Gasteiger partial charge in [-0.05, 0) is 55.8 Å². The van der Waals surface area contributed by atoms with Gasteiger partial charge in [-0.2, -0.15) is 0 Å². The summed E-state index contributed by atoms with van der Waals surface area (Å²) in [6.45, 7) is 6.92. The molecule has 0 spiro atoms. The number of hydrogen-bond acceptors (Lipinski definition) is 2. The second-order valence-corrected chi connectivity index (χ2v) is 6.75. The van der Waals surface area contributed by atoms with Crippen LogP contribution < -0.4 is 5.32 Å². The summed E-state index contributed by atoms with van der Waals surface area (Å²) in [6, 6.07) is 10.1. The summed E-state index contributed by atoms with van der Waals surface area (Å²) in [5.74, 6) is 1.89. The van der Waals surface area contributed by atoms with E-state index in [9.17, 15) is 0 Å². The van der Waals surface area contributed by atoms with Crippen LogP contribution in [0.25, 0.3) is 0 Å². The molecule has 4 atom stereocenters. The van der Waals surface area contributed by atoms with E-state index >= 15 is 0 Å². The third-order valence-corrected chi connectivity index (χ3v) is 5.27. The normalized spacial score (nSPS) is 32.2. The van der Waals surface area contributed by atoms with Gasteiger partial charge in [0.05, 0.1) is 0 Å². The summed E-state index contributed by atoms with van der Waals surface area (Å²) in [5.41, 5.74) is 3.07. The van der Waals surface area contributed by atoms with Crippen molar-refractivity contribution < 1.29 is 0 Å². The number of hydrogen-bond donors (Lipinski definition) is 1. The minimum atomic E-state index is 0.504. The molecule has 3 rings (SSSR count). The van der Waals surface area contributed by atoms with Gasteiger partial charge in [-0.25, -0.2) is 0 Å². The molecule has 1 aromatic carbocycles. The maximum atomic E-state index is 3.73. The third-order valence-electron chi connectivity index (χ3n) is 5.27. The zero-order chi connectivity index (χ0) is 14.1. The van der Waals surface area contributed by atoms with Gasteiger partial charge in [0.2, 0.25) is 0 Å². The lowest BCUT2D eigenvalue weighted by atomic mass is 9.83. The van der Waals surface area contributed by atoms with Gasteiger partial charge in [0.1, 0.15) is 0 Å². The van der Waals surface area contributed by atoms with Crippen LogP contribution in [0.4, 0.5) is 0 Å². The molecule has 0 amide bonds. The Balaban J connectivity index is 1.76. The van der Waals surface area contributed by atoms with Gasteiger partial charge < -0.3 is 10.2 Å². The maximum absolute atomic E-state index is 3.73. The average molecular weight is 272 g/mol. The molecule has 20 heavy (non-hydrogen) atoms. The predicted octanol–water partition coefficient (Wildman–Crippen LogP) is 3.24. The smallest absolute Gasteiger partial charge is 0.0480 e. The fourth-order valence-corrected chi connectivity index (χ4v) is 3.84. The van der Waals surface area contributed by atoms with Crippen molar-refractivity contribution in [3.8, 4) is 0 Å². The first-order valence-corrected chi connectivity index (χ1v) is 8.22. The lowest BCUT2D eigenvalue weighted by Gasteiger charge is -2.40. The van der Waals surface area contributed by atoms with Crippen molar-refractivity contribution in [2.45, 2.75) is 45.2 Å². The van der Waals surface area contributed by atoms with E-state index < -0.39 is 0 Å². The lowest BCUT2D eigenvalue weighted by Crippen LogP contribution is -2.46. The van der Waals surface area contributed by atoms with E-state index in [0.29, 0.717) is 12.1 Å². The highest BCUT2D eigenvalue weighted by molar-refractivity contribution is 5.34. The molecular weight excluding hydrogens is 244 g/mol. The van der Waals surface area contributed by atoms with Crippen LogP contribution in [0.2, 0.25) is 0 Å². The van der Waals surface area contributed by atoms with Crippen LogP contribution in [0.1, 0.15) is 43.9 Å². The van der Waals surface area contributed by atoms with Gasteiger partial charge in [-0.15, -0.1) is 0 Å². The monoisotopic (exact) mass is 272 g/mol. The van der Waals surface area contributed by atoms with Crippen molar-refractivity contribution in [3.63, 3.8) is 0 Å². The number of rotatable bonds is 5. The number of aryl methyl sites for hydroxylation is 1. The van der Waals surface area contributed by atoms with E-state index in [2.05, 4.69) is 55.4 Å². The van der Waals surface area contributed by atoms with Crippen LogP contribution in [0.15, 0.2) is 24.3 Å². The lowest BCUT2D eigenvalue weighted by molar-refractivity contribution is 0.166. The number of likely N-dealkylation sites (N-methyl/N-ethyl adjacent to an activating group) is 2. The van der Waals surface area contributed by atoms with Gasteiger partial charge in [0.15, 0.2) is 0 Å². The van der Waals surface area contributed by atoms with E-state index in [4.69, 9.17) is 0 Å². The van der Waals surface area contributed by atoms with Crippen molar-refractivity contribution in [1.29, 1.82) is 0 Å². The Kier molecular flexibility index (Phi) is 4.13. The van der Waals surface area contributed by atoms with E-state index in [1.165, 1.54) is 31.4 Å². The van der Waals surface area contributed by atoms with Crippen LogP contribution in [0.5, 0.6) is 0 Å². The molecule has 2 nitrogen and oxygen atoms in total. The molecule has 0 heterocycles. The molecule has 2 heteroatoms. The molecule has 4 unspecified atom stereocenters. The molecule has 0 aliphatic heterocycles. The standard InChI is InChI=1S/C18H28N2/c1-4-19-18-16-8-6-5-7-14(16)9-10-17(18)20(3)12-15-11-13(15)2/h5-8,13,15,17-19H,4,9-12H2,1-3H3. The maximum Gasteiger partial charge on any atom is 0.0480 e. The molecule has 1 fully saturated rings. The van der Waals surface area contributed by atoms with Gasteiger partial charge in [0.25, 0.3) is 0 Å². The second-order valence-electron chi connectivity index (χ2n) is 6.75. The molecule has 0 aromatic heterocycles. The Morgan fingerprint density at radius 2 is 2.05 bits per heavy atom. The van der Waals surface area contributed by atoms with Crippen LogP contribution in [-0.2, 0) is 6.42 Å². The summed E-state index contributed by atoms with van der Waals surface area (Å²) < 4.78 is 0. The van der Waals surface area contributed by atoms with E-state index in [1.54, 1.807) is 5.56 Å². The van der Waals surface area contributed by atoms with Crippen molar-refractivity contribution in [2.24, 2.45) is 11.8 Å². The summed E-state index contributed by atoms with van der Waals surface area (Å²) in [5, 5.41) is 3.73. The van der Waals surface area contributed by atoms with E-state index in [-0.39, 0.29) is 0 Å². The Hall–Kier alpha value is -0.860. The zero-order valence-electron chi connectivity index (χ0n) is 13.1. The highest BCUT2D eigenvalue weighted by Gasteiger charge is 2.37. The Morgan fingerprint density at radius 3 is 2.75 bits per heavy atom. The topological polar surface area (TPSA) is 15.3 Å². The molecule has 0 bridgehead atoms. The minimum Gasteiger partial charge on any atom is -0.309 e. The molecule has 110 valence electrons. The van der Waals surface area contributed by atoms with Crippen molar-refractivity contribution >= 4 is 0 Å². The summed E-state index contributed by atoms with van der Waals surface area (Å²) in [6.07, 6.45) is 3.94. The molecule has 2 aliphatic carbocycles. The van der Waals surface area contributed by atoms with Crippen molar-refractivity contribution in [2.75, 3.05) is 20.1 Å². The molecule has 0 saturated heterocycles. The van der Waals surface area contributed by atoms with E-state index in [1.807, 2.05) is 0 Å². The summed E-state index contributed by atoms with van der Waals surface area (Å²) >= 11 is 0. The zero-order valence-corrected chi connectivity index (χ0v) is 13.1. The molecule has 2 aliphatic rings. The van der Waals surface area contributed by atoms with Crippen LogP contribution in [0, 0.1) is 11.8 Å². The SMILES string of the molecule is CCNC1c2ccccc2CCC1N(C)CC1CC1C. The highest BCUT2D eigenvalue weighted by atomic mass is 15.2. The van der Waals surface area contributed by atoms with Crippen molar-refractivity contribution in [1.82, 2.24) is 10.2 Å². The first kappa shape index (κ1) is 14.1. The first-order valence-electron chi connectivity index (χ1n) is 8.22. The summed E-state index contributed by atoms with van der Waals surface area (Å²) in [4.78, 5) is 2.62. The average Bonchev–Trinajstić information content (AvgIpc) is 3.14. The first-order chi connectivity index (χ1) is 9.70.